The van der Waals surface area contributed by atoms with Crippen LogP contribution in [0.2, 0.25) is 5.02 Å². The largest absolute Gasteiger partial charge is 0.481 e. The van der Waals surface area contributed by atoms with Crippen LogP contribution in [-0.2, 0) is 17.7 Å². The average molecular weight is 576 g/mol. The molecule has 0 atom stereocenters. The van der Waals surface area contributed by atoms with Crippen molar-refractivity contribution in [3.63, 3.8) is 0 Å². The Bertz CT molecular complexity index is 1430. The lowest BCUT2D eigenvalue weighted by Crippen LogP contribution is -2.38. The van der Waals surface area contributed by atoms with Crippen molar-refractivity contribution in [2.45, 2.75) is 39.3 Å². The van der Waals surface area contributed by atoms with Gasteiger partial charge in [-0.05, 0) is 50.6 Å². The molecule has 0 aliphatic rings. The number of anilines is 2. The second-order valence-corrected chi connectivity index (χ2v) is 9.95. The number of amides is 1. The lowest BCUT2D eigenvalue weighted by molar-refractivity contribution is -0.386. The molecule has 40 heavy (non-hydrogen) atoms. The van der Waals surface area contributed by atoms with Gasteiger partial charge in [-0.15, -0.1) is 0 Å². The molecule has 14 heteroatoms. The van der Waals surface area contributed by atoms with Gasteiger partial charge in [0.25, 0.3) is 5.69 Å². The number of carbonyl (C=O) groups is 2. The fourth-order valence-electron chi connectivity index (χ4n) is 3.59. The number of nitrogens with zero attached hydrogens (tertiary/aromatic N) is 4. The minimum atomic E-state index is -1.29. The van der Waals surface area contributed by atoms with Crippen molar-refractivity contribution in [2.75, 3.05) is 19.0 Å². The molecule has 2 aromatic heterocycles. The molecule has 2 heterocycles. The van der Waals surface area contributed by atoms with E-state index in [2.05, 4.69) is 15.3 Å². The van der Waals surface area contributed by atoms with E-state index in [1.807, 2.05) is 0 Å². The number of ether oxygens (including phenoxy) is 2. The minimum Gasteiger partial charge on any atom is -0.481 e. The first-order valence-corrected chi connectivity index (χ1v) is 12.3. The summed E-state index contributed by atoms with van der Waals surface area (Å²) in [5, 5.41) is 24.1. The zero-order valence-corrected chi connectivity index (χ0v) is 22.9. The summed E-state index contributed by atoms with van der Waals surface area (Å²) >= 11 is 5.89. The second-order valence-electron chi connectivity index (χ2n) is 9.51. The smallest absolute Gasteiger partial charge is 0.410 e. The monoisotopic (exact) mass is 575 g/mol. The van der Waals surface area contributed by atoms with Crippen LogP contribution >= 0.6 is 11.6 Å². The zero-order valence-electron chi connectivity index (χ0n) is 22.1. The Morgan fingerprint density at radius 1 is 1.23 bits per heavy atom. The molecular formula is C26H27ClFN5O7. The molecule has 0 saturated heterocycles. The van der Waals surface area contributed by atoms with Crippen LogP contribution in [0.4, 0.5) is 26.4 Å². The molecule has 0 fully saturated rings. The number of aromatic carboxylic acids is 1. The van der Waals surface area contributed by atoms with E-state index >= 15 is 0 Å². The summed E-state index contributed by atoms with van der Waals surface area (Å²) in [6.45, 7) is 4.72. The first-order chi connectivity index (χ1) is 18.8. The summed E-state index contributed by atoms with van der Waals surface area (Å²) in [5.41, 5.74) is -0.754. The Hall–Kier alpha value is -4.52. The van der Waals surface area contributed by atoms with Crippen molar-refractivity contribution in [2.24, 2.45) is 0 Å². The van der Waals surface area contributed by atoms with Crippen LogP contribution < -0.4 is 10.1 Å². The van der Waals surface area contributed by atoms with E-state index in [0.717, 1.165) is 6.07 Å². The van der Waals surface area contributed by atoms with Crippen molar-refractivity contribution >= 4 is 40.9 Å². The first-order valence-electron chi connectivity index (χ1n) is 11.9. The predicted octanol–water partition coefficient (Wildman–Crippen LogP) is 5.61. The topological polar surface area (TPSA) is 157 Å². The number of carboxylic acid groups (broad SMARTS) is 1. The van der Waals surface area contributed by atoms with Crippen molar-refractivity contribution in [3.8, 4) is 5.88 Å². The lowest BCUT2D eigenvalue weighted by Gasteiger charge is -2.28. The molecule has 0 bridgehead atoms. The van der Waals surface area contributed by atoms with E-state index in [-0.39, 0.29) is 64.4 Å². The molecular weight excluding hydrogens is 549 g/mol. The third-order valence-electron chi connectivity index (χ3n) is 5.37. The van der Waals surface area contributed by atoms with Crippen LogP contribution in [0.25, 0.3) is 0 Å². The van der Waals surface area contributed by atoms with E-state index in [0.29, 0.717) is 0 Å². The number of nitro groups is 1. The number of aromatic nitrogens is 2. The highest BCUT2D eigenvalue weighted by Gasteiger charge is 2.26. The number of carboxylic acids is 1. The van der Waals surface area contributed by atoms with E-state index in [4.69, 9.17) is 21.1 Å². The summed E-state index contributed by atoms with van der Waals surface area (Å²) in [6, 6.07) is 7.52. The van der Waals surface area contributed by atoms with E-state index in [9.17, 15) is 29.2 Å². The van der Waals surface area contributed by atoms with Gasteiger partial charge in [-0.25, -0.2) is 23.9 Å². The lowest BCUT2D eigenvalue weighted by atomic mass is 10.1. The Morgan fingerprint density at radius 2 is 1.95 bits per heavy atom. The molecule has 0 aliphatic carbocycles. The molecule has 0 unspecified atom stereocenters. The summed E-state index contributed by atoms with van der Waals surface area (Å²) in [7, 11) is 1.37. The van der Waals surface area contributed by atoms with E-state index in [1.165, 1.54) is 48.5 Å². The highest BCUT2D eigenvalue weighted by atomic mass is 35.5. The van der Waals surface area contributed by atoms with Gasteiger partial charge in [0.2, 0.25) is 5.88 Å². The van der Waals surface area contributed by atoms with Crippen molar-refractivity contribution in [1.82, 2.24) is 14.9 Å². The van der Waals surface area contributed by atoms with Gasteiger partial charge in [0.15, 0.2) is 0 Å². The third kappa shape index (κ3) is 7.99. The van der Waals surface area contributed by atoms with Gasteiger partial charge in [-0.3, -0.25) is 10.1 Å². The predicted molar refractivity (Wildman–Crippen MR) is 144 cm³/mol. The summed E-state index contributed by atoms with van der Waals surface area (Å²) in [6.07, 6.45) is 0.442. The maximum atomic E-state index is 14.4. The first kappa shape index (κ1) is 30.0. The Kier molecular flexibility index (Phi) is 9.43. The summed E-state index contributed by atoms with van der Waals surface area (Å²) in [4.78, 5) is 45.3. The molecule has 12 nitrogen and oxygen atoms in total. The van der Waals surface area contributed by atoms with Crippen molar-refractivity contribution in [1.29, 1.82) is 0 Å². The van der Waals surface area contributed by atoms with Crippen LogP contribution in [0, 0.1) is 15.9 Å². The fourth-order valence-corrected chi connectivity index (χ4v) is 3.75. The number of halogens is 2. The number of hydrogen-bond donors (Lipinski definition) is 2. The minimum absolute atomic E-state index is 0.0489. The van der Waals surface area contributed by atoms with Crippen molar-refractivity contribution < 1.29 is 33.5 Å². The number of benzene rings is 1. The van der Waals surface area contributed by atoms with E-state index < -0.39 is 28.4 Å². The zero-order chi connectivity index (χ0) is 29.6. The molecule has 0 saturated carbocycles. The molecule has 0 spiro atoms. The van der Waals surface area contributed by atoms with Crippen LogP contribution in [0.5, 0.6) is 5.88 Å². The molecule has 2 N–H and O–H groups in total. The van der Waals surface area contributed by atoms with Gasteiger partial charge >= 0.3 is 12.1 Å². The Labute approximate surface area is 233 Å². The summed E-state index contributed by atoms with van der Waals surface area (Å²) in [5.74, 6) is -1.79. The maximum Gasteiger partial charge on any atom is 0.410 e. The van der Waals surface area contributed by atoms with Crippen LogP contribution in [0.1, 0.15) is 42.4 Å². The summed E-state index contributed by atoms with van der Waals surface area (Å²) < 4.78 is 25.0. The van der Waals surface area contributed by atoms with Gasteiger partial charge in [-0.2, -0.15) is 0 Å². The average Bonchev–Trinajstić information content (AvgIpc) is 2.87. The fraction of sp³-hybridized carbons (Fsp3) is 0.308. The van der Waals surface area contributed by atoms with Gasteiger partial charge in [0.1, 0.15) is 28.5 Å². The van der Waals surface area contributed by atoms with Gasteiger partial charge in [0.05, 0.1) is 23.6 Å². The Balaban J connectivity index is 1.97. The number of carbonyl (C=O) groups excluding carboxylic acids is 1. The van der Waals surface area contributed by atoms with Crippen LogP contribution in [0.3, 0.4) is 0 Å². The maximum absolute atomic E-state index is 14.4. The number of pyridine rings is 2. The number of rotatable bonds is 10. The Morgan fingerprint density at radius 3 is 2.58 bits per heavy atom. The second kappa shape index (κ2) is 12.6. The van der Waals surface area contributed by atoms with Crippen molar-refractivity contribution in [3.05, 3.63) is 80.4 Å². The van der Waals surface area contributed by atoms with Gasteiger partial charge in [-0.1, -0.05) is 11.6 Å². The third-order valence-corrected chi connectivity index (χ3v) is 5.57. The number of methoxy groups -OCH3 is 1. The highest BCUT2D eigenvalue weighted by molar-refractivity contribution is 6.30. The van der Waals surface area contributed by atoms with Crippen LogP contribution in [-0.4, -0.2) is 56.2 Å². The number of hydrogen-bond acceptors (Lipinski definition) is 9. The van der Waals surface area contributed by atoms with Crippen LogP contribution in [0.15, 0.2) is 42.6 Å². The molecule has 3 aromatic rings. The highest BCUT2D eigenvalue weighted by Crippen LogP contribution is 2.27. The molecule has 3 rings (SSSR count). The van der Waals surface area contributed by atoms with Gasteiger partial charge in [0, 0.05) is 37.0 Å². The normalized spacial score (nSPS) is 11.1. The van der Waals surface area contributed by atoms with Gasteiger partial charge < -0.3 is 24.8 Å². The molecule has 1 aromatic carbocycles. The van der Waals surface area contributed by atoms with E-state index in [1.54, 1.807) is 20.8 Å². The molecule has 212 valence electrons. The quantitative estimate of drug-likeness (QED) is 0.230. The molecule has 1 amide bonds. The molecule has 0 radical (unpaired) electrons. The standard InChI is InChI=1S/C26H27ClFN5O7/c1-26(2,3)40-25(36)32(10-9-20-21(33(37)38)7-8-22(30-20)39-4)14-15-11-17(28)5-6-19(15)31-23-18(24(34)35)12-16(27)13-29-23/h5-8,11-13H,9-10,14H2,1-4H3,(H,29,31)(H,34,35). The SMILES string of the molecule is COc1ccc([N+](=O)[O-])c(CCN(Cc2cc(F)ccc2Nc2ncc(Cl)cc2C(=O)O)C(=O)OC(C)(C)C)n1. The molecule has 0 aliphatic heterocycles. The number of nitrogens with one attached hydrogen (secondary N) is 1.